The molecule has 0 saturated carbocycles. The van der Waals surface area contributed by atoms with E-state index in [0.717, 1.165) is 21.5 Å². The van der Waals surface area contributed by atoms with Crippen LogP contribution in [0.4, 0.5) is 0 Å². The highest BCUT2D eigenvalue weighted by molar-refractivity contribution is 8.00. The molecule has 0 N–H and O–H groups in total. The second-order valence-electron chi connectivity index (χ2n) is 3.39. The predicted octanol–water partition coefficient (Wildman–Crippen LogP) is 3.75. The number of aryl methyl sites for hydroxylation is 1. The standard InChI is InChI=1S/C12H13NOS2/c1-9-7-15-12(13-9)16-8-10-4-3-5-11(6-10)14-2/h3-7H,8H2,1-2H3. The van der Waals surface area contributed by atoms with Gasteiger partial charge in [0.15, 0.2) is 0 Å². The maximum Gasteiger partial charge on any atom is 0.150 e. The number of aromatic nitrogens is 1. The molecular weight excluding hydrogens is 238 g/mol. The summed E-state index contributed by atoms with van der Waals surface area (Å²) in [6.07, 6.45) is 0. The van der Waals surface area contributed by atoms with Crippen molar-refractivity contribution < 1.29 is 4.74 Å². The lowest BCUT2D eigenvalue weighted by molar-refractivity contribution is 0.414. The fourth-order valence-corrected chi connectivity index (χ4v) is 3.10. The van der Waals surface area contributed by atoms with Gasteiger partial charge in [-0.25, -0.2) is 4.98 Å². The zero-order valence-electron chi connectivity index (χ0n) is 9.27. The maximum atomic E-state index is 5.19. The molecule has 2 rings (SSSR count). The number of hydrogen-bond acceptors (Lipinski definition) is 4. The van der Waals surface area contributed by atoms with Crippen LogP contribution in [0.15, 0.2) is 34.0 Å². The molecule has 0 spiro atoms. The number of ether oxygens (including phenoxy) is 1. The number of hydrogen-bond donors (Lipinski definition) is 0. The summed E-state index contributed by atoms with van der Waals surface area (Å²) in [5.41, 5.74) is 2.36. The number of benzene rings is 1. The maximum absolute atomic E-state index is 5.19. The van der Waals surface area contributed by atoms with Crippen molar-refractivity contribution in [2.24, 2.45) is 0 Å². The first-order chi connectivity index (χ1) is 7.78. The minimum Gasteiger partial charge on any atom is -0.497 e. The van der Waals surface area contributed by atoms with Crippen LogP contribution in [0.1, 0.15) is 11.3 Å². The van der Waals surface area contributed by atoms with Gasteiger partial charge in [0.05, 0.1) is 7.11 Å². The molecule has 1 heterocycles. The Labute approximate surface area is 104 Å². The van der Waals surface area contributed by atoms with E-state index >= 15 is 0 Å². The molecule has 84 valence electrons. The number of thiazole rings is 1. The molecule has 2 nitrogen and oxygen atoms in total. The third-order valence-electron chi connectivity index (χ3n) is 2.09. The van der Waals surface area contributed by atoms with E-state index in [-0.39, 0.29) is 0 Å². The molecule has 0 amide bonds. The number of thioether (sulfide) groups is 1. The normalized spacial score (nSPS) is 10.4. The van der Waals surface area contributed by atoms with E-state index in [0.29, 0.717) is 0 Å². The monoisotopic (exact) mass is 251 g/mol. The van der Waals surface area contributed by atoms with Crippen molar-refractivity contribution in [3.05, 3.63) is 40.9 Å². The SMILES string of the molecule is COc1cccc(CSc2nc(C)cs2)c1. The Kier molecular flexibility index (Phi) is 3.85. The van der Waals surface area contributed by atoms with Gasteiger partial charge in [0.1, 0.15) is 10.1 Å². The molecule has 0 unspecified atom stereocenters. The van der Waals surface area contributed by atoms with Crippen LogP contribution in [0.3, 0.4) is 0 Å². The highest BCUT2D eigenvalue weighted by Gasteiger charge is 2.01. The van der Waals surface area contributed by atoms with Crippen LogP contribution in [0.25, 0.3) is 0 Å². The van der Waals surface area contributed by atoms with Crippen molar-refractivity contribution in [1.82, 2.24) is 4.98 Å². The van der Waals surface area contributed by atoms with Gasteiger partial charge in [0.25, 0.3) is 0 Å². The first-order valence-corrected chi connectivity index (χ1v) is 6.82. The van der Waals surface area contributed by atoms with Gasteiger partial charge in [-0.15, -0.1) is 11.3 Å². The van der Waals surface area contributed by atoms with Gasteiger partial charge in [-0.3, -0.25) is 0 Å². The average molecular weight is 251 g/mol. The van der Waals surface area contributed by atoms with Crippen molar-refractivity contribution >= 4 is 23.1 Å². The summed E-state index contributed by atoms with van der Waals surface area (Å²) in [5, 5.41) is 2.08. The summed E-state index contributed by atoms with van der Waals surface area (Å²) in [6, 6.07) is 8.15. The number of methoxy groups -OCH3 is 1. The van der Waals surface area contributed by atoms with E-state index in [4.69, 9.17) is 4.74 Å². The van der Waals surface area contributed by atoms with Crippen LogP contribution >= 0.6 is 23.1 Å². The van der Waals surface area contributed by atoms with Crippen LogP contribution in [-0.4, -0.2) is 12.1 Å². The average Bonchev–Trinajstić information content (AvgIpc) is 2.73. The van der Waals surface area contributed by atoms with Crippen LogP contribution < -0.4 is 4.74 Å². The molecule has 0 aliphatic rings. The molecule has 0 bridgehead atoms. The highest BCUT2D eigenvalue weighted by Crippen LogP contribution is 2.27. The van der Waals surface area contributed by atoms with E-state index < -0.39 is 0 Å². The molecule has 1 aromatic carbocycles. The Balaban J connectivity index is 1.99. The summed E-state index contributed by atoms with van der Waals surface area (Å²) in [7, 11) is 1.69. The van der Waals surface area contributed by atoms with Gasteiger partial charge < -0.3 is 4.74 Å². The molecule has 0 aliphatic carbocycles. The zero-order valence-corrected chi connectivity index (χ0v) is 10.9. The van der Waals surface area contributed by atoms with Crippen molar-refractivity contribution in [3.63, 3.8) is 0 Å². The van der Waals surface area contributed by atoms with Crippen molar-refractivity contribution in [1.29, 1.82) is 0 Å². The van der Waals surface area contributed by atoms with Crippen molar-refractivity contribution in [3.8, 4) is 5.75 Å². The Morgan fingerprint density at radius 1 is 1.44 bits per heavy atom. The quantitative estimate of drug-likeness (QED) is 0.773. The lowest BCUT2D eigenvalue weighted by Crippen LogP contribution is -1.85. The minimum atomic E-state index is 0.911. The van der Waals surface area contributed by atoms with Crippen LogP contribution in [0, 0.1) is 6.92 Å². The summed E-state index contributed by atoms with van der Waals surface area (Å²) < 4.78 is 6.31. The van der Waals surface area contributed by atoms with Gasteiger partial charge in [-0.05, 0) is 24.6 Å². The lowest BCUT2D eigenvalue weighted by Gasteiger charge is -2.02. The Bertz CT molecular complexity index is 468. The van der Waals surface area contributed by atoms with Crippen LogP contribution in [-0.2, 0) is 5.75 Å². The van der Waals surface area contributed by atoms with E-state index in [2.05, 4.69) is 22.5 Å². The Hall–Kier alpha value is -1.00. The molecular formula is C12H13NOS2. The molecule has 0 saturated heterocycles. The molecule has 0 aliphatic heterocycles. The van der Waals surface area contributed by atoms with Crippen molar-refractivity contribution in [2.45, 2.75) is 17.0 Å². The first-order valence-electron chi connectivity index (χ1n) is 4.96. The van der Waals surface area contributed by atoms with E-state index in [9.17, 15) is 0 Å². The largest absolute Gasteiger partial charge is 0.497 e. The molecule has 0 atom stereocenters. The molecule has 2 aromatic rings. The van der Waals surface area contributed by atoms with Gasteiger partial charge in [-0.2, -0.15) is 0 Å². The number of nitrogens with zero attached hydrogens (tertiary/aromatic N) is 1. The van der Waals surface area contributed by atoms with E-state index in [1.165, 1.54) is 5.56 Å². The second-order valence-corrected chi connectivity index (χ2v) is 5.48. The molecule has 0 fully saturated rings. The smallest absolute Gasteiger partial charge is 0.150 e. The summed E-state index contributed by atoms with van der Waals surface area (Å²) in [5.74, 6) is 1.85. The topological polar surface area (TPSA) is 22.1 Å². The van der Waals surface area contributed by atoms with E-state index in [1.54, 1.807) is 30.2 Å². The molecule has 4 heteroatoms. The summed E-state index contributed by atoms with van der Waals surface area (Å²) in [4.78, 5) is 4.42. The third kappa shape index (κ3) is 3.00. The van der Waals surface area contributed by atoms with Gasteiger partial charge in [-0.1, -0.05) is 23.9 Å². The predicted molar refractivity (Wildman–Crippen MR) is 69.4 cm³/mol. The second kappa shape index (κ2) is 5.37. The lowest BCUT2D eigenvalue weighted by atomic mass is 10.2. The van der Waals surface area contributed by atoms with Crippen molar-refractivity contribution in [2.75, 3.05) is 7.11 Å². The van der Waals surface area contributed by atoms with Gasteiger partial charge in [0.2, 0.25) is 0 Å². The van der Waals surface area contributed by atoms with E-state index in [1.807, 2.05) is 19.1 Å². The molecule has 0 radical (unpaired) electrons. The van der Waals surface area contributed by atoms with Gasteiger partial charge >= 0.3 is 0 Å². The highest BCUT2D eigenvalue weighted by atomic mass is 32.2. The fourth-order valence-electron chi connectivity index (χ4n) is 1.31. The summed E-state index contributed by atoms with van der Waals surface area (Å²) in [6.45, 7) is 2.02. The fraction of sp³-hybridized carbons (Fsp3) is 0.250. The zero-order chi connectivity index (χ0) is 11.4. The Morgan fingerprint density at radius 2 is 2.31 bits per heavy atom. The third-order valence-corrected chi connectivity index (χ3v) is 4.30. The van der Waals surface area contributed by atoms with Gasteiger partial charge in [0, 0.05) is 16.8 Å². The van der Waals surface area contributed by atoms with Crippen LogP contribution in [0.2, 0.25) is 0 Å². The number of rotatable bonds is 4. The van der Waals surface area contributed by atoms with Crippen LogP contribution in [0.5, 0.6) is 5.75 Å². The molecule has 16 heavy (non-hydrogen) atoms. The Morgan fingerprint density at radius 3 is 3.00 bits per heavy atom. The molecule has 1 aromatic heterocycles. The summed E-state index contributed by atoms with van der Waals surface area (Å²) >= 11 is 3.46. The minimum absolute atomic E-state index is 0.911. The first kappa shape index (κ1) is 11.5.